The van der Waals surface area contributed by atoms with Crippen LogP contribution in [0.2, 0.25) is 10.0 Å². The maximum absolute atomic E-state index is 12.9. The number of nitrogens with one attached hydrogen (secondary N) is 1. The van der Waals surface area contributed by atoms with Gasteiger partial charge in [-0.3, -0.25) is 9.10 Å². The lowest BCUT2D eigenvalue weighted by Gasteiger charge is -2.28. The fraction of sp³-hybridized carbons (Fsp3) is 0.316. The van der Waals surface area contributed by atoms with Gasteiger partial charge in [0.05, 0.1) is 49.0 Å². The molecule has 0 unspecified atom stereocenters. The quantitative estimate of drug-likeness (QED) is 0.622. The van der Waals surface area contributed by atoms with Gasteiger partial charge in [0.25, 0.3) is 0 Å². The summed E-state index contributed by atoms with van der Waals surface area (Å²) in [7, 11) is 0.461. The van der Waals surface area contributed by atoms with Gasteiger partial charge in [-0.2, -0.15) is 0 Å². The Kier molecular flexibility index (Phi) is 7.68. The molecule has 164 valence electrons. The Hall–Kier alpha value is -2.36. The van der Waals surface area contributed by atoms with Gasteiger partial charge >= 0.3 is 0 Å². The minimum atomic E-state index is -3.83. The van der Waals surface area contributed by atoms with E-state index in [1.54, 1.807) is 0 Å². The van der Waals surface area contributed by atoms with Crippen molar-refractivity contribution in [2.45, 2.75) is 13.0 Å². The molecule has 0 aliphatic carbocycles. The summed E-state index contributed by atoms with van der Waals surface area (Å²) < 4.78 is 41.4. The molecule has 0 radical (unpaired) electrons. The highest BCUT2D eigenvalue weighted by Gasteiger charge is 2.30. The first-order valence-corrected chi connectivity index (χ1v) is 11.2. The second-order valence-electron chi connectivity index (χ2n) is 6.23. The van der Waals surface area contributed by atoms with Gasteiger partial charge in [-0.05, 0) is 25.1 Å². The fourth-order valence-corrected chi connectivity index (χ4v) is 4.45. The van der Waals surface area contributed by atoms with Crippen LogP contribution < -0.4 is 23.8 Å². The average Bonchev–Trinajstić information content (AvgIpc) is 2.68. The first-order valence-electron chi connectivity index (χ1n) is 8.58. The summed E-state index contributed by atoms with van der Waals surface area (Å²) in [6.07, 6.45) is 1.00. The number of halogens is 2. The van der Waals surface area contributed by atoms with E-state index in [0.29, 0.717) is 22.3 Å². The maximum Gasteiger partial charge on any atom is 0.248 e. The van der Waals surface area contributed by atoms with Crippen molar-refractivity contribution in [2.24, 2.45) is 0 Å². The fourth-order valence-electron chi connectivity index (χ4n) is 2.80. The van der Waals surface area contributed by atoms with Gasteiger partial charge in [-0.25, -0.2) is 8.42 Å². The number of carbonyl (C=O) groups is 1. The lowest BCUT2D eigenvalue weighted by Crippen LogP contribution is -2.45. The van der Waals surface area contributed by atoms with E-state index in [1.807, 2.05) is 0 Å². The first-order chi connectivity index (χ1) is 14.0. The van der Waals surface area contributed by atoms with Crippen LogP contribution in [0.15, 0.2) is 30.3 Å². The van der Waals surface area contributed by atoms with Crippen molar-refractivity contribution >= 4 is 50.5 Å². The highest BCUT2D eigenvalue weighted by atomic mass is 35.5. The molecule has 1 N–H and O–H groups in total. The van der Waals surface area contributed by atoms with Crippen molar-refractivity contribution in [1.82, 2.24) is 0 Å². The molecule has 0 fully saturated rings. The molecule has 30 heavy (non-hydrogen) atoms. The summed E-state index contributed by atoms with van der Waals surface area (Å²) in [5.74, 6) is 0.390. The standard InChI is InChI=1S/C19H22Cl2N2O6S/c1-11(19(24)22-15-10-17(28-3)14(21)9-18(15)29-4)23(30(5,25)26)12-6-7-16(27-2)13(20)8-12/h6-11H,1-5H3,(H,22,24)/t11-/m1/s1. The molecule has 0 heterocycles. The molecule has 11 heteroatoms. The lowest BCUT2D eigenvalue weighted by molar-refractivity contribution is -0.116. The topological polar surface area (TPSA) is 94.2 Å². The highest BCUT2D eigenvalue weighted by Crippen LogP contribution is 2.36. The predicted octanol–water partition coefficient (Wildman–Crippen LogP) is 3.81. The van der Waals surface area contributed by atoms with Crippen molar-refractivity contribution in [3.05, 3.63) is 40.4 Å². The number of rotatable bonds is 8. The van der Waals surface area contributed by atoms with E-state index < -0.39 is 22.0 Å². The SMILES string of the molecule is COc1ccc(N([C@H](C)C(=O)Nc2cc(OC)c(Cl)cc2OC)S(C)(=O)=O)cc1Cl. The van der Waals surface area contributed by atoms with E-state index >= 15 is 0 Å². The van der Waals surface area contributed by atoms with Gasteiger partial charge in [0.1, 0.15) is 23.3 Å². The number of hydrogen-bond donors (Lipinski definition) is 1. The van der Waals surface area contributed by atoms with E-state index in [-0.39, 0.29) is 16.4 Å². The van der Waals surface area contributed by atoms with Crippen molar-refractivity contribution < 1.29 is 27.4 Å². The molecule has 8 nitrogen and oxygen atoms in total. The van der Waals surface area contributed by atoms with Crippen LogP contribution in [0.5, 0.6) is 17.2 Å². The lowest BCUT2D eigenvalue weighted by atomic mass is 10.2. The second-order valence-corrected chi connectivity index (χ2v) is 8.90. The third-order valence-corrected chi connectivity index (χ3v) is 6.04. The van der Waals surface area contributed by atoms with Crippen LogP contribution >= 0.6 is 23.2 Å². The number of benzene rings is 2. The van der Waals surface area contributed by atoms with Gasteiger partial charge in [-0.1, -0.05) is 23.2 Å². The Balaban J connectivity index is 2.41. The smallest absolute Gasteiger partial charge is 0.248 e. The van der Waals surface area contributed by atoms with Gasteiger partial charge < -0.3 is 19.5 Å². The van der Waals surface area contributed by atoms with Crippen LogP contribution in [0.3, 0.4) is 0 Å². The number of ether oxygens (including phenoxy) is 3. The summed E-state index contributed by atoms with van der Waals surface area (Å²) in [5, 5.41) is 3.16. The first kappa shape index (κ1) is 23.9. The Labute approximate surface area is 185 Å². The minimum absolute atomic E-state index is 0.209. The Morgan fingerprint density at radius 1 is 0.967 bits per heavy atom. The highest BCUT2D eigenvalue weighted by molar-refractivity contribution is 7.92. The molecule has 2 aromatic carbocycles. The van der Waals surface area contributed by atoms with E-state index in [0.717, 1.165) is 10.6 Å². The van der Waals surface area contributed by atoms with Crippen molar-refractivity contribution in [3.8, 4) is 17.2 Å². The number of carbonyl (C=O) groups excluding carboxylic acids is 1. The molecule has 0 bridgehead atoms. The second kappa shape index (κ2) is 9.63. The molecular formula is C19H22Cl2N2O6S. The van der Waals surface area contributed by atoms with Crippen LogP contribution in [0.1, 0.15) is 6.92 Å². The Morgan fingerprint density at radius 3 is 2.03 bits per heavy atom. The monoisotopic (exact) mass is 476 g/mol. The summed E-state index contributed by atoms with van der Waals surface area (Å²) in [6.45, 7) is 1.45. The third-order valence-electron chi connectivity index (χ3n) is 4.21. The number of methoxy groups -OCH3 is 3. The summed E-state index contributed by atoms with van der Waals surface area (Å²) >= 11 is 12.2. The van der Waals surface area contributed by atoms with Gasteiger partial charge in [0.15, 0.2) is 0 Å². The van der Waals surface area contributed by atoms with Crippen LogP contribution in [-0.4, -0.2) is 48.0 Å². The molecule has 0 saturated carbocycles. The number of sulfonamides is 1. The zero-order valence-corrected chi connectivity index (χ0v) is 19.4. The van der Waals surface area contributed by atoms with E-state index in [4.69, 9.17) is 37.4 Å². The Bertz CT molecular complexity index is 1050. The molecule has 1 amide bonds. The third kappa shape index (κ3) is 5.21. The summed E-state index contributed by atoms with van der Waals surface area (Å²) in [6, 6.07) is 6.29. The van der Waals surface area contributed by atoms with Gasteiger partial charge in [0.2, 0.25) is 15.9 Å². The average molecular weight is 477 g/mol. The van der Waals surface area contributed by atoms with Gasteiger partial charge in [0, 0.05) is 12.1 Å². The molecule has 2 aromatic rings. The van der Waals surface area contributed by atoms with Crippen LogP contribution in [0.4, 0.5) is 11.4 Å². The zero-order valence-electron chi connectivity index (χ0n) is 17.0. The van der Waals surface area contributed by atoms with E-state index in [1.165, 1.54) is 58.6 Å². The zero-order chi connectivity index (χ0) is 22.6. The van der Waals surface area contributed by atoms with E-state index in [2.05, 4.69) is 5.32 Å². The molecular weight excluding hydrogens is 455 g/mol. The summed E-state index contributed by atoms with van der Waals surface area (Å²) in [5.41, 5.74) is 0.489. The molecule has 0 spiro atoms. The van der Waals surface area contributed by atoms with Crippen LogP contribution in [0.25, 0.3) is 0 Å². The largest absolute Gasteiger partial charge is 0.495 e. The molecule has 1 atom stereocenters. The molecule has 0 saturated heterocycles. The number of anilines is 2. The molecule has 2 rings (SSSR count). The number of amides is 1. The predicted molar refractivity (Wildman–Crippen MR) is 118 cm³/mol. The number of nitrogens with zero attached hydrogens (tertiary/aromatic N) is 1. The normalized spacial score (nSPS) is 12.1. The number of hydrogen-bond acceptors (Lipinski definition) is 6. The van der Waals surface area contributed by atoms with Crippen molar-refractivity contribution in [1.29, 1.82) is 0 Å². The molecule has 0 aliphatic heterocycles. The molecule has 0 aromatic heterocycles. The molecule has 0 aliphatic rings. The van der Waals surface area contributed by atoms with Crippen LogP contribution in [0, 0.1) is 0 Å². The Morgan fingerprint density at radius 2 is 1.53 bits per heavy atom. The van der Waals surface area contributed by atoms with Crippen molar-refractivity contribution in [2.75, 3.05) is 37.2 Å². The maximum atomic E-state index is 12.9. The summed E-state index contributed by atoms with van der Waals surface area (Å²) in [4.78, 5) is 12.9. The van der Waals surface area contributed by atoms with Gasteiger partial charge in [-0.15, -0.1) is 0 Å². The van der Waals surface area contributed by atoms with E-state index in [9.17, 15) is 13.2 Å². The minimum Gasteiger partial charge on any atom is -0.495 e. The van der Waals surface area contributed by atoms with Crippen LogP contribution in [-0.2, 0) is 14.8 Å². The van der Waals surface area contributed by atoms with Crippen molar-refractivity contribution in [3.63, 3.8) is 0 Å².